The lowest BCUT2D eigenvalue weighted by Crippen LogP contribution is -2.11. The van der Waals surface area contributed by atoms with Crippen LogP contribution in [0.1, 0.15) is 12.5 Å². The lowest BCUT2D eigenvalue weighted by atomic mass is 10.1. The maximum Gasteiger partial charge on any atom is 0.221 e. The first-order valence-corrected chi connectivity index (χ1v) is 6.50. The van der Waals surface area contributed by atoms with Crippen molar-refractivity contribution in [3.05, 3.63) is 54.1 Å². The zero-order valence-corrected chi connectivity index (χ0v) is 11.8. The van der Waals surface area contributed by atoms with Gasteiger partial charge in [-0.15, -0.1) is 0 Å². The van der Waals surface area contributed by atoms with Gasteiger partial charge in [-0.25, -0.2) is 0 Å². The summed E-state index contributed by atoms with van der Waals surface area (Å²) in [5.74, 6) is -0.106. The van der Waals surface area contributed by atoms with E-state index < -0.39 is 0 Å². The third kappa shape index (κ3) is 3.55. The predicted octanol–water partition coefficient (Wildman–Crippen LogP) is 3.02. The number of nitrogens with one attached hydrogen (secondary N) is 2. The number of thiocarbonyl (C=S) groups is 1. The van der Waals surface area contributed by atoms with E-state index in [1.807, 2.05) is 48.5 Å². The highest BCUT2D eigenvalue weighted by Gasteiger charge is 2.05. The molecule has 2 rings (SSSR count). The van der Waals surface area contributed by atoms with Crippen LogP contribution in [-0.2, 0) is 4.79 Å². The van der Waals surface area contributed by atoms with Crippen LogP contribution in [0.25, 0.3) is 0 Å². The fourth-order valence-electron chi connectivity index (χ4n) is 1.84. The molecule has 5 heteroatoms. The molecule has 20 heavy (non-hydrogen) atoms. The van der Waals surface area contributed by atoms with Gasteiger partial charge in [0.05, 0.1) is 0 Å². The molecule has 0 spiro atoms. The number of hydrogen-bond donors (Lipinski definition) is 3. The van der Waals surface area contributed by atoms with Gasteiger partial charge in [-0.1, -0.05) is 30.4 Å². The fraction of sp³-hybridized carbons (Fsp3) is 0.0667. The van der Waals surface area contributed by atoms with Crippen LogP contribution in [-0.4, -0.2) is 10.9 Å². The summed E-state index contributed by atoms with van der Waals surface area (Å²) in [4.78, 5) is 11.4. The van der Waals surface area contributed by atoms with Crippen LogP contribution in [0, 0.1) is 0 Å². The SMILES string of the molecule is CC(=O)Nc1cccc(Nc2ccccc2C(N)=S)c1. The first-order chi connectivity index (χ1) is 9.56. The molecule has 0 radical (unpaired) electrons. The minimum absolute atomic E-state index is 0.106. The molecule has 4 nitrogen and oxygen atoms in total. The molecule has 2 aromatic carbocycles. The van der Waals surface area contributed by atoms with Gasteiger partial charge in [0.1, 0.15) is 4.99 Å². The molecule has 0 heterocycles. The van der Waals surface area contributed by atoms with E-state index >= 15 is 0 Å². The quantitative estimate of drug-likeness (QED) is 0.755. The second-order valence-electron chi connectivity index (χ2n) is 4.30. The maximum atomic E-state index is 11.1. The summed E-state index contributed by atoms with van der Waals surface area (Å²) in [7, 11) is 0. The Morgan fingerprint density at radius 1 is 1.10 bits per heavy atom. The molecule has 0 saturated carbocycles. The number of carbonyl (C=O) groups excluding carboxylic acids is 1. The van der Waals surface area contributed by atoms with Crippen molar-refractivity contribution in [3.8, 4) is 0 Å². The molecule has 0 aliphatic rings. The summed E-state index contributed by atoms with van der Waals surface area (Å²) < 4.78 is 0. The number of carbonyl (C=O) groups is 1. The third-order valence-corrected chi connectivity index (χ3v) is 2.87. The normalized spacial score (nSPS) is 9.85. The van der Waals surface area contributed by atoms with E-state index in [0.29, 0.717) is 4.99 Å². The van der Waals surface area contributed by atoms with E-state index in [2.05, 4.69) is 10.6 Å². The van der Waals surface area contributed by atoms with E-state index in [1.165, 1.54) is 6.92 Å². The van der Waals surface area contributed by atoms with E-state index in [9.17, 15) is 4.79 Å². The van der Waals surface area contributed by atoms with Gasteiger partial charge in [-0.3, -0.25) is 4.79 Å². The van der Waals surface area contributed by atoms with Crippen LogP contribution in [0.15, 0.2) is 48.5 Å². The van der Waals surface area contributed by atoms with Crippen molar-refractivity contribution in [1.82, 2.24) is 0 Å². The molecular formula is C15H15N3OS. The summed E-state index contributed by atoms with van der Waals surface area (Å²) in [6.07, 6.45) is 0. The molecule has 102 valence electrons. The highest BCUT2D eigenvalue weighted by atomic mass is 32.1. The van der Waals surface area contributed by atoms with Crippen molar-refractivity contribution >= 4 is 40.2 Å². The third-order valence-electron chi connectivity index (χ3n) is 2.65. The summed E-state index contributed by atoms with van der Waals surface area (Å²) in [5.41, 5.74) is 8.90. The molecule has 0 saturated heterocycles. The number of benzene rings is 2. The van der Waals surface area contributed by atoms with Crippen LogP contribution >= 0.6 is 12.2 Å². The number of nitrogens with two attached hydrogens (primary N) is 1. The first kappa shape index (κ1) is 14.0. The minimum Gasteiger partial charge on any atom is -0.389 e. The van der Waals surface area contributed by atoms with Gasteiger partial charge in [0.25, 0.3) is 0 Å². The van der Waals surface area contributed by atoms with E-state index in [4.69, 9.17) is 18.0 Å². The standard InChI is InChI=1S/C15H15N3OS/c1-10(19)17-11-5-4-6-12(9-11)18-14-8-3-2-7-13(14)15(16)20/h2-9,18H,1H3,(H2,16,20)(H,17,19). The average molecular weight is 285 g/mol. The van der Waals surface area contributed by atoms with Crippen molar-refractivity contribution in [2.45, 2.75) is 6.92 Å². The molecule has 1 amide bonds. The molecule has 4 N–H and O–H groups in total. The zero-order chi connectivity index (χ0) is 14.5. The lowest BCUT2D eigenvalue weighted by molar-refractivity contribution is -0.114. The Morgan fingerprint density at radius 3 is 2.50 bits per heavy atom. The number of anilines is 3. The van der Waals surface area contributed by atoms with E-state index in [-0.39, 0.29) is 5.91 Å². The van der Waals surface area contributed by atoms with E-state index in [1.54, 1.807) is 0 Å². The molecule has 0 unspecified atom stereocenters. The van der Waals surface area contributed by atoms with Gasteiger partial charge in [0, 0.05) is 29.5 Å². The predicted molar refractivity (Wildman–Crippen MR) is 86.4 cm³/mol. The van der Waals surface area contributed by atoms with Gasteiger partial charge < -0.3 is 16.4 Å². The molecule has 0 atom stereocenters. The summed E-state index contributed by atoms with van der Waals surface area (Å²) >= 11 is 5.03. The smallest absolute Gasteiger partial charge is 0.221 e. The fourth-order valence-corrected chi connectivity index (χ4v) is 2.02. The van der Waals surface area contributed by atoms with Crippen molar-refractivity contribution in [2.75, 3.05) is 10.6 Å². The van der Waals surface area contributed by atoms with Crippen molar-refractivity contribution in [3.63, 3.8) is 0 Å². The lowest BCUT2D eigenvalue weighted by Gasteiger charge is -2.12. The molecule has 0 fully saturated rings. The van der Waals surface area contributed by atoms with Crippen molar-refractivity contribution < 1.29 is 4.79 Å². The topological polar surface area (TPSA) is 67.2 Å². The minimum atomic E-state index is -0.106. The Morgan fingerprint density at radius 2 is 1.80 bits per heavy atom. The number of rotatable bonds is 4. The molecular weight excluding hydrogens is 270 g/mol. The highest BCUT2D eigenvalue weighted by Crippen LogP contribution is 2.23. The summed E-state index contributed by atoms with van der Waals surface area (Å²) in [6, 6.07) is 15.0. The van der Waals surface area contributed by atoms with Crippen LogP contribution < -0.4 is 16.4 Å². The molecule has 0 bridgehead atoms. The Kier molecular flexibility index (Phi) is 4.32. The van der Waals surface area contributed by atoms with Gasteiger partial charge in [-0.05, 0) is 30.3 Å². The Bertz CT molecular complexity index is 655. The number of amides is 1. The second-order valence-corrected chi connectivity index (χ2v) is 4.74. The second kappa shape index (κ2) is 6.16. The van der Waals surface area contributed by atoms with Crippen LogP contribution in [0.5, 0.6) is 0 Å². The molecule has 2 aromatic rings. The summed E-state index contributed by atoms with van der Waals surface area (Å²) in [6.45, 7) is 1.47. The maximum absolute atomic E-state index is 11.1. The Hall–Kier alpha value is -2.40. The van der Waals surface area contributed by atoms with Crippen LogP contribution in [0.3, 0.4) is 0 Å². The van der Waals surface area contributed by atoms with Gasteiger partial charge in [0.15, 0.2) is 0 Å². The van der Waals surface area contributed by atoms with Gasteiger partial charge in [-0.2, -0.15) is 0 Å². The van der Waals surface area contributed by atoms with Gasteiger partial charge >= 0.3 is 0 Å². The Labute approximate surface area is 123 Å². The van der Waals surface area contributed by atoms with Gasteiger partial charge in [0.2, 0.25) is 5.91 Å². The monoisotopic (exact) mass is 285 g/mol. The van der Waals surface area contributed by atoms with E-state index in [0.717, 1.165) is 22.6 Å². The zero-order valence-electron chi connectivity index (χ0n) is 11.0. The molecule has 0 aromatic heterocycles. The van der Waals surface area contributed by atoms with Crippen molar-refractivity contribution in [1.29, 1.82) is 0 Å². The molecule has 0 aliphatic heterocycles. The average Bonchev–Trinajstić information content (AvgIpc) is 2.38. The van der Waals surface area contributed by atoms with Crippen LogP contribution in [0.2, 0.25) is 0 Å². The summed E-state index contributed by atoms with van der Waals surface area (Å²) in [5, 5.41) is 5.99. The largest absolute Gasteiger partial charge is 0.389 e. The number of hydrogen-bond acceptors (Lipinski definition) is 3. The molecule has 0 aliphatic carbocycles. The van der Waals surface area contributed by atoms with Crippen LogP contribution in [0.4, 0.5) is 17.1 Å². The number of para-hydroxylation sites is 1. The highest BCUT2D eigenvalue weighted by molar-refractivity contribution is 7.80. The first-order valence-electron chi connectivity index (χ1n) is 6.10. The van der Waals surface area contributed by atoms with Crippen molar-refractivity contribution in [2.24, 2.45) is 5.73 Å². The Balaban J connectivity index is 2.26.